The summed E-state index contributed by atoms with van der Waals surface area (Å²) in [5.41, 5.74) is 1.37. The van der Waals surface area contributed by atoms with Gasteiger partial charge in [0.2, 0.25) is 0 Å². The molecule has 102 valence electrons. The van der Waals surface area contributed by atoms with Crippen LogP contribution in [0.5, 0.6) is 0 Å². The van der Waals surface area contributed by atoms with Crippen LogP contribution < -0.4 is 0 Å². The second-order valence-corrected chi connectivity index (χ2v) is 5.24. The molecule has 0 bridgehead atoms. The SMILES string of the molecule is CCCCC(Sc1ncnc2nc[nH]c12)C(=O)OC. The fourth-order valence-electron chi connectivity index (χ4n) is 1.71. The molecule has 6 nitrogen and oxygen atoms in total. The monoisotopic (exact) mass is 280 g/mol. The Kier molecular flexibility index (Phi) is 4.73. The van der Waals surface area contributed by atoms with Gasteiger partial charge in [0.15, 0.2) is 5.65 Å². The summed E-state index contributed by atoms with van der Waals surface area (Å²) in [6.07, 6.45) is 5.82. The van der Waals surface area contributed by atoms with E-state index < -0.39 is 0 Å². The molecule has 1 N–H and O–H groups in total. The van der Waals surface area contributed by atoms with Gasteiger partial charge in [-0.15, -0.1) is 0 Å². The third kappa shape index (κ3) is 3.23. The highest BCUT2D eigenvalue weighted by Gasteiger charge is 2.22. The topological polar surface area (TPSA) is 80.8 Å². The van der Waals surface area contributed by atoms with Crippen molar-refractivity contribution >= 4 is 28.9 Å². The van der Waals surface area contributed by atoms with Crippen molar-refractivity contribution in [3.63, 3.8) is 0 Å². The number of aromatic nitrogens is 4. The predicted molar refractivity (Wildman–Crippen MR) is 72.9 cm³/mol. The fraction of sp³-hybridized carbons (Fsp3) is 0.500. The van der Waals surface area contributed by atoms with Crippen molar-refractivity contribution in [1.29, 1.82) is 0 Å². The summed E-state index contributed by atoms with van der Waals surface area (Å²) in [5, 5.41) is 0.486. The van der Waals surface area contributed by atoms with Crippen LogP contribution in [0.4, 0.5) is 0 Å². The van der Waals surface area contributed by atoms with E-state index in [4.69, 9.17) is 4.74 Å². The van der Waals surface area contributed by atoms with E-state index in [0.29, 0.717) is 5.65 Å². The number of nitrogens with one attached hydrogen (secondary N) is 1. The van der Waals surface area contributed by atoms with Crippen LogP contribution in [0.25, 0.3) is 11.2 Å². The maximum Gasteiger partial charge on any atom is 0.319 e. The molecule has 0 aliphatic heterocycles. The van der Waals surface area contributed by atoms with Crippen LogP contribution in [0, 0.1) is 0 Å². The van der Waals surface area contributed by atoms with Gasteiger partial charge in [0, 0.05) is 0 Å². The van der Waals surface area contributed by atoms with Gasteiger partial charge in [-0.1, -0.05) is 31.5 Å². The van der Waals surface area contributed by atoms with Gasteiger partial charge in [-0.05, 0) is 6.42 Å². The average molecular weight is 280 g/mol. The first-order chi connectivity index (χ1) is 9.26. The molecule has 0 saturated carbocycles. The lowest BCUT2D eigenvalue weighted by Gasteiger charge is -2.13. The molecule has 1 unspecified atom stereocenters. The zero-order valence-electron chi connectivity index (χ0n) is 10.9. The van der Waals surface area contributed by atoms with Gasteiger partial charge in [-0.2, -0.15) is 0 Å². The Hall–Kier alpha value is -1.63. The number of hydrogen-bond acceptors (Lipinski definition) is 6. The van der Waals surface area contributed by atoms with Gasteiger partial charge in [0.25, 0.3) is 0 Å². The van der Waals surface area contributed by atoms with Crippen molar-refractivity contribution in [2.24, 2.45) is 0 Å². The smallest absolute Gasteiger partial charge is 0.319 e. The number of unbranched alkanes of at least 4 members (excludes halogenated alkanes) is 1. The van der Waals surface area contributed by atoms with E-state index in [9.17, 15) is 4.79 Å². The maximum atomic E-state index is 11.8. The molecule has 7 heteroatoms. The molecule has 0 amide bonds. The van der Waals surface area contributed by atoms with Crippen LogP contribution in [-0.2, 0) is 9.53 Å². The van der Waals surface area contributed by atoms with Gasteiger partial charge in [-0.25, -0.2) is 15.0 Å². The second-order valence-electron chi connectivity index (χ2n) is 4.05. The molecule has 0 aromatic carbocycles. The van der Waals surface area contributed by atoms with E-state index in [-0.39, 0.29) is 11.2 Å². The number of esters is 1. The standard InChI is InChI=1S/C12H16N4O2S/c1-3-4-5-8(12(17)18-2)19-11-9-10(14-6-13-9)15-7-16-11/h6-8H,3-5H2,1-2H3,(H,13,14,15,16). The fourth-order valence-corrected chi connectivity index (χ4v) is 2.84. The summed E-state index contributed by atoms with van der Waals surface area (Å²) in [4.78, 5) is 27.1. The van der Waals surface area contributed by atoms with Crippen LogP contribution in [0.15, 0.2) is 17.7 Å². The Morgan fingerprint density at radius 3 is 3.05 bits per heavy atom. The number of imidazole rings is 1. The summed E-state index contributed by atoms with van der Waals surface area (Å²) in [5.74, 6) is -0.218. The molecule has 0 spiro atoms. The highest BCUT2D eigenvalue weighted by atomic mass is 32.2. The number of rotatable bonds is 6. The summed E-state index contributed by atoms with van der Waals surface area (Å²) >= 11 is 1.40. The minimum Gasteiger partial charge on any atom is -0.468 e. The Morgan fingerprint density at radius 2 is 2.32 bits per heavy atom. The molecule has 0 radical (unpaired) electrons. The van der Waals surface area contributed by atoms with Crippen LogP contribution in [0.1, 0.15) is 26.2 Å². The maximum absolute atomic E-state index is 11.8. The number of fused-ring (bicyclic) bond motifs is 1. The summed E-state index contributed by atoms with van der Waals surface area (Å²) in [6.45, 7) is 2.09. The van der Waals surface area contributed by atoms with Gasteiger partial charge >= 0.3 is 5.97 Å². The van der Waals surface area contributed by atoms with Crippen molar-refractivity contribution in [3.8, 4) is 0 Å². The normalized spacial score (nSPS) is 12.5. The van der Waals surface area contributed by atoms with Gasteiger partial charge in [-0.3, -0.25) is 4.79 Å². The largest absolute Gasteiger partial charge is 0.468 e. The molecule has 2 heterocycles. The van der Waals surface area contributed by atoms with E-state index in [1.807, 2.05) is 0 Å². The van der Waals surface area contributed by atoms with Crippen LogP contribution >= 0.6 is 11.8 Å². The van der Waals surface area contributed by atoms with Crippen molar-refractivity contribution in [2.75, 3.05) is 7.11 Å². The number of H-pyrrole nitrogens is 1. The number of thioether (sulfide) groups is 1. The van der Waals surface area contributed by atoms with Crippen molar-refractivity contribution < 1.29 is 9.53 Å². The highest BCUT2D eigenvalue weighted by molar-refractivity contribution is 8.00. The van der Waals surface area contributed by atoms with Gasteiger partial charge in [0.05, 0.1) is 13.4 Å². The number of ether oxygens (including phenoxy) is 1. The quantitative estimate of drug-likeness (QED) is 0.496. The molecular formula is C12H16N4O2S. The Balaban J connectivity index is 2.20. The summed E-state index contributed by atoms with van der Waals surface area (Å²) in [6, 6.07) is 0. The van der Waals surface area contributed by atoms with E-state index in [2.05, 4.69) is 26.9 Å². The molecule has 0 fully saturated rings. The van der Waals surface area contributed by atoms with E-state index >= 15 is 0 Å². The lowest BCUT2D eigenvalue weighted by atomic mass is 10.2. The van der Waals surface area contributed by atoms with Crippen LogP contribution in [0.3, 0.4) is 0 Å². The molecule has 0 saturated heterocycles. The summed E-state index contributed by atoms with van der Waals surface area (Å²) < 4.78 is 4.85. The molecule has 2 aromatic heterocycles. The van der Waals surface area contributed by atoms with E-state index in [1.165, 1.54) is 25.2 Å². The molecule has 19 heavy (non-hydrogen) atoms. The van der Waals surface area contributed by atoms with Crippen molar-refractivity contribution in [1.82, 2.24) is 19.9 Å². The Labute approximate surface area is 115 Å². The molecule has 2 rings (SSSR count). The van der Waals surface area contributed by atoms with Gasteiger partial charge < -0.3 is 9.72 Å². The average Bonchev–Trinajstić information content (AvgIpc) is 2.91. The number of methoxy groups -OCH3 is 1. The van der Waals surface area contributed by atoms with E-state index in [1.54, 1.807) is 6.33 Å². The lowest BCUT2D eigenvalue weighted by molar-refractivity contribution is -0.140. The molecule has 0 aliphatic carbocycles. The van der Waals surface area contributed by atoms with Crippen LogP contribution in [-0.4, -0.2) is 38.3 Å². The first-order valence-corrected chi connectivity index (χ1v) is 7.02. The number of carbonyl (C=O) groups excluding carboxylic acids is 1. The Morgan fingerprint density at radius 1 is 1.47 bits per heavy atom. The van der Waals surface area contributed by atoms with Crippen molar-refractivity contribution in [3.05, 3.63) is 12.7 Å². The minimum absolute atomic E-state index is 0.218. The zero-order chi connectivity index (χ0) is 13.7. The second kappa shape index (κ2) is 6.51. The first kappa shape index (κ1) is 13.8. The Bertz CT molecular complexity index is 557. The van der Waals surface area contributed by atoms with Crippen molar-refractivity contribution in [2.45, 2.75) is 36.5 Å². The molecular weight excluding hydrogens is 264 g/mol. The predicted octanol–water partition coefficient (Wildman–Crippen LogP) is 2.18. The summed E-state index contributed by atoms with van der Waals surface area (Å²) in [7, 11) is 1.41. The minimum atomic E-state index is -0.244. The molecule has 2 aromatic rings. The number of nitrogens with zero attached hydrogens (tertiary/aromatic N) is 3. The third-order valence-electron chi connectivity index (χ3n) is 2.73. The molecule has 1 atom stereocenters. The highest BCUT2D eigenvalue weighted by Crippen LogP contribution is 2.29. The van der Waals surface area contributed by atoms with E-state index in [0.717, 1.165) is 29.8 Å². The number of hydrogen-bond donors (Lipinski definition) is 1. The molecule has 0 aliphatic rings. The number of carbonyl (C=O) groups is 1. The van der Waals surface area contributed by atoms with Gasteiger partial charge in [0.1, 0.15) is 22.1 Å². The number of aromatic amines is 1. The zero-order valence-corrected chi connectivity index (χ0v) is 11.7. The lowest BCUT2D eigenvalue weighted by Crippen LogP contribution is -2.19. The first-order valence-electron chi connectivity index (χ1n) is 6.14. The third-order valence-corrected chi connectivity index (χ3v) is 3.97. The van der Waals surface area contributed by atoms with Crippen LogP contribution in [0.2, 0.25) is 0 Å².